The third-order valence-electron chi connectivity index (χ3n) is 2.09. The standard InChI is InChI=1S/C11H14BrCl/c1-2-3-4-6-9-10(12)7-5-8-11(9)13/h5,7-8H,2-4,6H2,1H3. The molecule has 0 heterocycles. The molecule has 0 fully saturated rings. The molecule has 0 unspecified atom stereocenters. The number of hydrogen-bond donors (Lipinski definition) is 0. The maximum Gasteiger partial charge on any atom is 0.0449 e. The van der Waals surface area contributed by atoms with Crippen LogP contribution in [0.15, 0.2) is 22.7 Å². The van der Waals surface area contributed by atoms with Gasteiger partial charge in [0.15, 0.2) is 0 Å². The second-order valence-corrected chi connectivity index (χ2v) is 4.42. The Bertz CT molecular complexity index is 251. The predicted octanol–water partition coefficient (Wildman–Crippen LogP) is 4.84. The van der Waals surface area contributed by atoms with Crippen LogP contribution in [-0.2, 0) is 6.42 Å². The Kier molecular flexibility index (Phi) is 4.82. The summed E-state index contributed by atoms with van der Waals surface area (Å²) in [7, 11) is 0. The zero-order valence-electron chi connectivity index (χ0n) is 7.82. The van der Waals surface area contributed by atoms with Crippen LogP contribution in [0.1, 0.15) is 31.7 Å². The lowest BCUT2D eigenvalue weighted by Crippen LogP contribution is -1.88. The predicted molar refractivity (Wildman–Crippen MR) is 62.4 cm³/mol. The molecule has 0 N–H and O–H groups in total. The van der Waals surface area contributed by atoms with Crippen molar-refractivity contribution in [2.24, 2.45) is 0 Å². The largest absolute Gasteiger partial charge is 0.0840 e. The second kappa shape index (κ2) is 5.66. The number of unbranched alkanes of at least 4 members (excludes halogenated alkanes) is 2. The Morgan fingerprint density at radius 1 is 1.31 bits per heavy atom. The monoisotopic (exact) mass is 260 g/mol. The Morgan fingerprint density at radius 2 is 2.08 bits per heavy atom. The van der Waals surface area contributed by atoms with Crippen molar-refractivity contribution in [3.63, 3.8) is 0 Å². The maximum absolute atomic E-state index is 6.08. The zero-order chi connectivity index (χ0) is 9.68. The van der Waals surface area contributed by atoms with Crippen LogP contribution in [-0.4, -0.2) is 0 Å². The van der Waals surface area contributed by atoms with E-state index in [9.17, 15) is 0 Å². The first kappa shape index (κ1) is 11.1. The van der Waals surface area contributed by atoms with Gasteiger partial charge in [0.05, 0.1) is 0 Å². The highest BCUT2D eigenvalue weighted by Crippen LogP contribution is 2.26. The van der Waals surface area contributed by atoms with Crippen LogP contribution in [0.25, 0.3) is 0 Å². The van der Waals surface area contributed by atoms with Crippen LogP contribution in [0, 0.1) is 0 Å². The van der Waals surface area contributed by atoms with Crippen molar-refractivity contribution >= 4 is 27.5 Å². The van der Waals surface area contributed by atoms with Gasteiger partial charge in [-0.1, -0.05) is 53.4 Å². The van der Waals surface area contributed by atoms with Crippen LogP contribution >= 0.6 is 27.5 Å². The van der Waals surface area contributed by atoms with E-state index in [0.29, 0.717) is 0 Å². The molecular formula is C11H14BrCl. The van der Waals surface area contributed by atoms with E-state index in [2.05, 4.69) is 22.9 Å². The molecule has 0 aliphatic heterocycles. The average molecular weight is 262 g/mol. The maximum atomic E-state index is 6.08. The van der Waals surface area contributed by atoms with E-state index in [1.165, 1.54) is 24.8 Å². The summed E-state index contributed by atoms with van der Waals surface area (Å²) in [6, 6.07) is 5.97. The van der Waals surface area contributed by atoms with Crippen molar-refractivity contribution in [3.8, 4) is 0 Å². The van der Waals surface area contributed by atoms with Gasteiger partial charge < -0.3 is 0 Å². The lowest BCUT2D eigenvalue weighted by Gasteiger charge is -2.05. The minimum atomic E-state index is 0.880. The molecule has 0 radical (unpaired) electrons. The molecule has 2 heteroatoms. The fourth-order valence-electron chi connectivity index (χ4n) is 1.32. The topological polar surface area (TPSA) is 0 Å². The molecule has 1 aromatic carbocycles. The molecule has 0 spiro atoms. The van der Waals surface area contributed by atoms with E-state index in [4.69, 9.17) is 11.6 Å². The van der Waals surface area contributed by atoms with Gasteiger partial charge in [0.25, 0.3) is 0 Å². The molecule has 72 valence electrons. The molecule has 0 saturated heterocycles. The minimum absolute atomic E-state index is 0.880. The molecule has 13 heavy (non-hydrogen) atoms. The summed E-state index contributed by atoms with van der Waals surface area (Å²) in [5, 5.41) is 0.880. The smallest absolute Gasteiger partial charge is 0.0449 e. The van der Waals surface area contributed by atoms with Gasteiger partial charge in [-0.3, -0.25) is 0 Å². The fourth-order valence-corrected chi connectivity index (χ4v) is 2.27. The highest BCUT2D eigenvalue weighted by atomic mass is 79.9. The molecule has 0 atom stereocenters. The van der Waals surface area contributed by atoms with Crippen LogP contribution < -0.4 is 0 Å². The van der Waals surface area contributed by atoms with E-state index in [0.717, 1.165) is 15.9 Å². The molecule has 0 aliphatic carbocycles. The molecule has 0 aliphatic rings. The van der Waals surface area contributed by atoms with Crippen LogP contribution in [0.5, 0.6) is 0 Å². The molecule has 0 saturated carbocycles. The average Bonchev–Trinajstić information content (AvgIpc) is 2.10. The van der Waals surface area contributed by atoms with Gasteiger partial charge in [-0.05, 0) is 30.5 Å². The summed E-state index contributed by atoms with van der Waals surface area (Å²) in [5.41, 5.74) is 1.25. The molecular weight excluding hydrogens is 247 g/mol. The van der Waals surface area contributed by atoms with Crippen molar-refractivity contribution in [3.05, 3.63) is 33.3 Å². The lowest BCUT2D eigenvalue weighted by atomic mass is 10.1. The Morgan fingerprint density at radius 3 is 2.69 bits per heavy atom. The van der Waals surface area contributed by atoms with Crippen molar-refractivity contribution in [1.82, 2.24) is 0 Å². The molecule has 1 rings (SSSR count). The molecule has 0 aromatic heterocycles. The Balaban J connectivity index is 2.64. The normalized spacial score (nSPS) is 10.4. The zero-order valence-corrected chi connectivity index (χ0v) is 10.2. The van der Waals surface area contributed by atoms with Crippen LogP contribution in [0.4, 0.5) is 0 Å². The van der Waals surface area contributed by atoms with Crippen LogP contribution in [0.3, 0.4) is 0 Å². The quantitative estimate of drug-likeness (QED) is 0.681. The summed E-state index contributed by atoms with van der Waals surface area (Å²) in [6.07, 6.45) is 4.83. The van der Waals surface area contributed by atoms with Crippen molar-refractivity contribution < 1.29 is 0 Å². The number of rotatable bonds is 4. The Hall–Kier alpha value is -0.0100. The third kappa shape index (κ3) is 3.32. The van der Waals surface area contributed by atoms with Gasteiger partial charge in [0, 0.05) is 9.50 Å². The van der Waals surface area contributed by atoms with Crippen molar-refractivity contribution in [1.29, 1.82) is 0 Å². The third-order valence-corrected chi connectivity index (χ3v) is 3.19. The van der Waals surface area contributed by atoms with Crippen molar-refractivity contribution in [2.75, 3.05) is 0 Å². The second-order valence-electron chi connectivity index (χ2n) is 3.16. The first-order chi connectivity index (χ1) is 6.25. The van der Waals surface area contributed by atoms with Gasteiger partial charge in [-0.25, -0.2) is 0 Å². The van der Waals surface area contributed by atoms with Gasteiger partial charge in [0.1, 0.15) is 0 Å². The number of halogens is 2. The number of benzene rings is 1. The van der Waals surface area contributed by atoms with Gasteiger partial charge in [-0.2, -0.15) is 0 Å². The van der Waals surface area contributed by atoms with Gasteiger partial charge in [0.2, 0.25) is 0 Å². The van der Waals surface area contributed by atoms with E-state index in [-0.39, 0.29) is 0 Å². The summed E-state index contributed by atoms with van der Waals surface area (Å²) in [5.74, 6) is 0. The van der Waals surface area contributed by atoms with Crippen LogP contribution in [0.2, 0.25) is 5.02 Å². The molecule has 1 aromatic rings. The summed E-state index contributed by atoms with van der Waals surface area (Å²) in [6.45, 7) is 2.21. The van der Waals surface area contributed by atoms with E-state index in [1.807, 2.05) is 18.2 Å². The number of hydrogen-bond acceptors (Lipinski definition) is 0. The highest BCUT2D eigenvalue weighted by Gasteiger charge is 2.03. The fraction of sp³-hybridized carbons (Fsp3) is 0.455. The van der Waals surface area contributed by atoms with E-state index < -0.39 is 0 Å². The van der Waals surface area contributed by atoms with E-state index >= 15 is 0 Å². The Labute approximate surface area is 93.4 Å². The molecule has 0 nitrogen and oxygen atoms in total. The lowest BCUT2D eigenvalue weighted by molar-refractivity contribution is 0.716. The summed E-state index contributed by atoms with van der Waals surface area (Å²) in [4.78, 5) is 0. The summed E-state index contributed by atoms with van der Waals surface area (Å²) >= 11 is 9.59. The summed E-state index contributed by atoms with van der Waals surface area (Å²) < 4.78 is 1.14. The molecule has 0 bridgehead atoms. The highest BCUT2D eigenvalue weighted by molar-refractivity contribution is 9.10. The minimum Gasteiger partial charge on any atom is -0.0840 e. The first-order valence-corrected chi connectivity index (χ1v) is 5.85. The SMILES string of the molecule is CCCCCc1c(Cl)cccc1Br. The van der Waals surface area contributed by atoms with Gasteiger partial charge >= 0.3 is 0 Å². The molecule has 0 amide bonds. The van der Waals surface area contributed by atoms with E-state index in [1.54, 1.807) is 0 Å². The van der Waals surface area contributed by atoms with Crippen molar-refractivity contribution in [2.45, 2.75) is 32.6 Å². The first-order valence-electron chi connectivity index (χ1n) is 4.68. The van der Waals surface area contributed by atoms with Gasteiger partial charge in [-0.15, -0.1) is 0 Å².